The van der Waals surface area contributed by atoms with Crippen LogP contribution in [0.15, 0.2) is 36.4 Å². The van der Waals surface area contributed by atoms with Gasteiger partial charge in [0.05, 0.1) is 7.11 Å². The molecule has 0 bridgehead atoms. The predicted octanol–water partition coefficient (Wildman–Crippen LogP) is 3.43. The highest BCUT2D eigenvalue weighted by Gasteiger charge is 2.16. The number of para-hydroxylation sites is 2. The molecule has 0 N–H and O–H groups in total. The first kappa shape index (κ1) is 18.5. The number of hydrogen-bond acceptors (Lipinski definition) is 5. The van der Waals surface area contributed by atoms with Crippen LogP contribution in [-0.2, 0) is 9.53 Å². The number of benzene rings is 2. The average Bonchev–Trinajstić information content (AvgIpc) is 2.57. The van der Waals surface area contributed by atoms with Crippen molar-refractivity contribution in [2.24, 2.45) is 0 Å². The molecular formula is C20H22O5. The van der Waals surface area contributed by atoms with Crippen LogP contribution in [0, 0.1) is 20.8 Å². The zero-order valence-corrected chi connectivity index (χ0v) is 14.9. The van der Waals surface area contributed by atoms with E-state index < -0.39 is 5.97 Å². The van der Waals surface area contributed by atoms with E-state index in [0.717, 1.165) is 16.7 Å². The SMILES string of the molecule is COc1ccccc1OCC(=O)OCC(=O)c1c(C)cc(C)cc1C. The van der Waals surface area contributed by atoms with Gasteiger partial charge in [0.1, 0.15) is 0 Å². The molecule has 0 saturated heterocycles. The number of esters is 1. The van der Waals surface area contributed by atoms with E-state index in [9.17, 15) is 9.59 Å². The summed E-state index contributed by atoms with van der Waals surface area (Å²) in [5.74, 6) is 0.137. The Hall–Kier alpha value is -2.82. The molecule has 132 valence electrons. The number of Topliss-reactive ketones (excluding diaryl/α,β-unsaturated/α-hetero) is 1. The van der Waals surface area contributed by atoms with Crippen LogP contribution in [0.1, 0.15) is 27.0 Å². The molecule has 2 aromatic carbocycles. The van der Waals surface area contributed by atoms with E-state index in [-0.39, 0.29) is 19.0 Å². The lowest BCUT2D eigenvalue weighted by atomic mass is 9.97. The first-order valence-electron chi connectivity index (χ1n) is 7.95. The van der Waals surface area contributed by atoms with Gasteiger partial charge in [-0.05, 0) is 44.0 Å². The van der Waals surface area contributed by atoms with Gasteiger partial charge < -0.3 is 14.2 Å². The molecule has 5 nitrogen and oxygen atoms in total. The van der Waals surface area contributed by atoms with Crippen LogP contribution in [0.5, 0.6) is 11.5 Å². The number of rotatable bonds is 7. The van der Waals surface area contributed by atoms with Crippen molar-refractivity contribution in [1.29, 1.82) is 0 Å². The molecule has 0 aliphatic carbocycles. The number of ketones is 1. The van der Waals surface area contributed by atoms with Crippen molar-refractivity contribution in [1.82, 2.24) is 0 Å². The third-order valence-corrected chi connectivity index (χ3v) is 3.73. The molecule has 0 aliphatic rings. The van der Waals surface area contributed by atoms with E-state index in [2.05, 4.69) is 0 Å². The number of methoxy groups -OCH3 is 1. The van der Waals surface area contributed by atoms with Crippen molar-refractivity contribution in [2.45, 2.75) is 20.8 Å². The lowest BCUT2D eigenvalue weighted by molar-refractivity contribution is -0.144. The van der Waals surface area contributed by atoms with E-state index in [1.54, 1.807) is 24.3 Å². The second-order valence-electron chi connectivity index (χ2n) is 5.80. The Labute approximate surface area is 147 Å². The second kappa shape index (κ2) is 8.33. The normalized spacial score (nSPS) is 10.2. The standard InChI is InChI=1S/C20H22O5/c1-13-9-14(2)20(15(3)10-13)16(21)11-25-19(22)12-24-18-8-6-5-7-17(18)23-4/h5-10H,11-12H2,1-4H3. The molecule has 0 amide bonds. The Balaban J connectivity index is 1.91. The lowest BCUT2D eigenvalue weighted by Gasteiger charge is -2.12. The maximum atomic E-state index is 12.3. The van der Waals surface area contributed by atoms with Gasteiger partial charge in [0.25, 0.3) is 0 Å². The van der Waals surface area contributed by atoms with E-state index in [1.807, 2.05) is 32.9 Å². The molecule has 0 atom stereocenters. The Kier molecular flexibility index (Phi) is 6.17. The van der Waals surface area contributed by atoms with Crippen molar-refractivity contribution in [2.75, 3.05) is 20.3 Å². The zero-order valence-electron chi connectivity index (χ0n) is 14.9. The molecule has 0 fully saturated rings. The van der Waals surface area contributed by atoms with Crippen LogP contribution < -0.4 is 9.47 Å². The maximum Gasteiger partial charge on any atom is 0.344 e. The number of ether oxygens (including phenoxy) is 3. The monoisotopic (exact) mass is 342 g/mol. The third-order valence-electron chi connectivity index (χ3n) is 3.73. The van der Waals surface area contributed by atoms with Gasteiger partial charge in [0.2, 0.25) is 5.78 Å². The molecule has 0 heterocycles. The summed E-state index contributed by atoms with van der Waals surface area (Å²) in [6.45, 7) is 5.13. The number of hydrogen-bond donors (Lipinski definition) is 0. The van der Waals surface area contributed by atoms with Crippen LogP contribution in [0.3, 0.4) is 0 Å². The first-order valence-corrected chi connectivity index (χ1v) is 7.95. The summed E-state index contributed by atoms with van der Waals surface area (Å²) in [6.07, 6.45) is 0. The zero-order chi connectivity index (χ0) is 18.4. The second-order valence-corrected chi connectivity index (χ2v) is 5.80. The Morgan fingerprint density at radius 2 is 1.52 bits per heavy atom. The molecule has 0 radical (unpaired) electrons. The molecule has 0 aliphatic heterocycles. The topological polar surface area (TPSA) is 61.8 Å². The molecule has 25 heavy (non-hydrogen) atoms. The van der Waals surface area contributed by atoms with Gasteiger partial charge in [-0.15, -0.1) is 0 Å². The van der Waals surface area contributed by atoms with Crippen LogP contribution >= 0.6 is 0 Å². The van der Waals surface area contributed by atoms with Gasteiger partial charge in [0.15, 0.2) is 24.7 Å². The van der Waals surface area contributed by atoms with Gasteiger partial charge in [-0.25, -0.2) is 4.79 Å². The Morgan fingerprint density at radius 1 is 0.920 bits per heavy atom. The summed E-state index contributed by atoms with van der Waals surface area (Å²) in [7, 11) is 1.52. The summed E-state index contributed by atoms with van der Waals surface area (Å²) in [6, 6.07) is 10.9. The summed E-state index contributed by atoms with van der Waals surface area (Å²) in [5.41, 5.74) is 3.45. The van der Waals surface area contributed by atoms with Gasteiger partial charge in [-0.2, -0.15) is 0 Å². The van der Waals surface area contributed by atoms with Crippen molar-refractivity contribution >= 4 is 11.8 Å². The highest BCUT2D eigenvalue weighted by molar-refractivity contribution is 6.00. The summed E-state index contributed by atoms with van der Waals surface area (Å²) < 4.78 is 15.6. The minimum absolute atomic E-state index is 0.222. The quantitative estimate of drug-likeness (QED) is 0.570. The van der Waals surface area contributed by atoms with Crippen molar-refractivity contribution in [3.8, 4) is 11.5 Å². The van der Waals surface area contributed by atoms with Crippen LogP contribution in [-0.4, -0.2) is 32.1 Å². The molecule has 2 rings (SSSR count). The number of aryl methyl sites for hydroxylation is 3. The number of carbonyl (C=O) groups is 2. The summed E-state index contributed by atoms with van der Waals surface area (Å²) >= 11 is 0. The smallest absolute Gasteiger partial charge is 0.344 e. The average molecular weight is 342 g/mol. The first-order chi connectivity index (χ1) is 11.9. The summed E-state index contributed by atoms with van der Waals surface area (Å²) in [4.78, 5) is 24.2. The van der Waals surface area contributed by atoms with E-state index in [1.165, 1.54) is 7.11 Å². The minimum Gasteiger partial charge on any atom is -0.493 e. The fraction of sp³-hybridized carbons (Fsp3) is 0.300. The van der Waals surface area contributed by atoms with E-state index in [4.69, 9.17) is 14.2 Å². The number of carbonyl (C=O) groups excluding carboxylic acids is 2. The Morgan fingerprint density at radius 3 is 2.12 bits per heavy atom. The summed E-state index contributed by atoms with van der Waals surface area (Å²) in [5, 5.41) is 0. The predicted molar refractivity (Wildman–Crippen MR) is 94.4 cm³/mol. The molecule has 2 aromatic rings. The maximum absolute atomic E-state index is 12.3. The van der Waals surface area contributed by atoms with E-state index >= 15 is 0 Å². The molecular weight excluding hydrogens is 320 g/mol. The van der Waals surface area contributed by atoms with E-state index in [0.29, 0.717) is 17.1 Å². The van der Waals surface area contributed by atoms with Crippen molar-refractivity contribution in [3.05, 3.63) is 58.7 Å². The van der Waals surface area contributed by atoms with Crippen LogP contribution in [0.4, 0.5) is 0 Å². The van der Waals surface area contributed by atoms with Gasteiger partial charge >= 0.3 is 5.97 Å². The highest BCUT2D eigenvalue weighted by atomic mass is 16.6. The van der Waals surface area contributed by atoms with Crippen molar-refractivity contribution < 1.29 is 23.8 Å². The van der Waals surface area contributed by atoms with Crippen LogP contribution in [0.2, 0.25) is 0 Å². The lowest BCUT2D eigenvalue weighted by Crippen LogP contribution is -2.20. The Bertz CT molecular complexity index is 756. The van der Waals surface area contributed by atoms with Gasteiger partial charge in [0, 0.05) is 5.56 Å². The molecule has 5 heteroatoms. The third kappa shape index (κ3) is 4.83. The van der Waals surface area contributed by atoms with Gasteiger partial charge in [-0.3, -0.25) is 4.79 Å². The molecule has 0 saturated carbocycles. The van der Waals surface area contributed by atoms with Gasteiger partial charge in [-0.1, -0.05) is 29.8 Å². The molecule has 0 spiro atoms. The molecule has 0 aromatic heterocycles. The fourth-order valence-corrected chi connectivity index (χ4v) is 2.75. The highest BCUT2D eigenvalue weighted by Crippen LogP contribution is 2.25. The van der Waals surface area contributed by atoms with Crippen LogP contribution in [0.25, 0.3) is 0 Å². The minimum atomic E-state index is -0.610. The largest absolute Gasteiger partial charge is 0.493 e. The van der Waals surface area contributed by atoms with Crippen molar-refractivity contribution in [3.63, 3.8) is 0 Å². The molecule has 0 unspecified atom stereocenters. The fourth-order valence-electron chi connectivity index (χ4n) is 2.75.